The van der Waals surface area contributed by atoms with Crippen molar-refractivity contribution in [3.63, 3.8) is 0 Å². The van der Waals surface area contributed by atoms with Crippen LogP contribution < -0.4 is 5.32 Å². The number of carbonyl (C=O) groups excluding carboxylic acids is 5. The maximum Gasteiger partial charge on any atom is 0.408 e. The number of amides is 1. The number of hydrogen-bond donors (Lipinski definition) is 3. The Kier molecular flexibility index (Phi) is 15.0. The van der Waals surface area contributed by atoms with Gasteiger partial charge < -0.3 is 48.1 Å². The number of aliphatic hydroxyl groups excluding tert-OH is 1. The van der Waals surface area contributed by atoms with Gasteiger partial charge in [0.05, 0.1) is 41.1 Å². The maximum atomic E-state index is 15.9. The van der Waals surface area contributed by atoms with E-state index in [1.54, 1.807) is 96.1 Å². The number of fused-ring (bicyclic) bond motifs is 3. The van der Waals surface area contributed by atoms with Gasteiger partial charge in [0, 0.05) is 19.8 Å². The van der Waals surface area contributed by atoms with Crippen LogP contribution in [0.5, 0.6) is 0 Å². The Balaban J connectivity index is 1.43. The summed E-state index contributed by atoms with van der Waals surface area (Å²) in [5.41, 5.74) is -8.76. The summed E-state index contributed by atoms with van der Waals surface area (Å²) in [5, 5.41) is 29.7. The zero-order valence-electron chi connectivity index (χ0n) is 44.0. The molecule has 0 aromatic heterocycles. The number of rotatable bonds is 18. The van der Waals surface area contributed by atoms with E-state index >= 15 is 9.59 Å². The number of aliphatic hydroxyl groups is 2. The van der Waals surface area contributed by atoms with Crippen LogP contribution in [0.2, 0.25) is 36.3 Å². The molecule has 0 bridgehead atoms. The molecule has 3 N–H and O–H groups in total. The van der Waals surface area contributed by atoms with E-state index in [0.29, 0.717) is 29.3 Å². The number of nitrogens with one attached hydrogen (secondary N) is 1. The summed E-state index contributed by atoms with van der Waals surface area (Å²) in [6.45, 7) is 23.5. The van der Waals surface area contributed by atoms with E-state index in [0.717, 1.165) is 18.1 Å². The third-order valence-corrected chi connectivity index (χ3v) is 27.0. The molecule has 0 radical (unpaired) electrons. The lowest BCUT2D eigenvalue weighted by Gasteiger charge is -2.78. The average molecular weight is 1020 g/mol. The normalized spacial score (nSPS) is 32.9. The molecule has 1 saturated heterocycles. The quantitative estimate of drug-likeness (QED) is 0.0554. The van der Waals surface area contributed by atoms with Crippen molar-refractivity contribution in [3.05, 3.63) is 82.9 Å². The molecular weight excluding hydrogens is 943 g/mol. The molecule has 4 fully saturated rings. The molecule has 4 aliphatic carbocycles. The Morgan fingerprint density at radius 3 is 1.93 bits per heavy atom. The first-order valence-corrected chi connectivity index (χ1v) is 30.7. The molecule has 7 rings (SSSR count). The molecule has 71 heavy (non-hydrogen) atoms. The molecule has 12 atom stereocenters. The predicted molar refractivity (Wildman–Crippen MR) is 269 cm³/mol. The molecule has 2 aromatic rings. The number of Topliss-reactive ketones (excluding diaryl/α,β-unsaturated/α-hetero) is 1. The fourth-order valence-electron chi connectivity index (χ4n) is 13.2. The molecule has 1 amide bonds. The monoisotopic (exact) mass is 1020 g/mol. The van der Waals surface area contributed by atoms with Crippen LogP contribution in [0.3, 0.4) is 0 Å². The van der Waals surface area contributed by atoms with Gasteiger partial charge in [0.25, 0.3) is 0 Å². The van der Waals surface area contributed by atoms with Crippen LogP contribution in [-0.4, -0.2) is 116 Å². The van der Waals surface area contributed by atoms with E-state index in [1.165, 1.54) is 6.92 Å². The third kappa shape index (κ3) is 8.56. The van der Waals surface area contributed by atoms with E-state index in [-0.39, 0.29) is 30.6 Å². The zero-order valence-corrected chi connectivity index (χ0v) is 46.0. The number of hydrogen-bond acceptors (Lipinski definition) is 14. The van der Waals surface area contributed by atoms with Crippen molar-refractivity contribution in [2.24, 2.45) is 16.7 Å². The molecular formula is C54H77NO14Si2. The fourth-order valence-corrected chi connectivity index (χ4v) is 18.9. The Morgan fingerprint density at radius 1 is 0.859 bits per heavy atom. The van der Waals surface area contributed by atoms with Gasteiger partial charge in [-0.1, -0.05) is 90.1 Å². The summed E-state index contributed by atoms with van der Waals surface area (Å²) < 4.78 is 46.2. The number of ketones is 1. The Labute approximate surface area is 421 Å². The first kappa shape index (κ1) is 54.5. The second-order valence-corrected chi connectivity index (χ2v) is 31.4. The molecule has 17 heteroatoms. The van der Waals surface area contributed by atoms with Crippen LogP contribution in [0.25, 0.3) is 0 Å². The highest BCUT2D eigenvalue weighted by molar-refractivity contribution is 6.74. The molecule has 390 valence electrons. The summed E-state index contributed by atoms with van der Waals surface area (Å²) in [5.74, 6) is -4.36. The van der Waals surface area contributed by atoms with Crippen LogP contribution in [-0.2, 0) is 46.9 Å². The highest BCUT2D eigenvalue weighted by atomic mass is 28.4. The Morgan fingerprint density at radius 2 is 1.42 bits per heavy atom. The third-order valence-electron chi connectivity index (χ3n) is 17.7. The van der Waals surface area contributed by atoms with Gasteiger partial charge in [0.15, 0.2) is 34.1 Å². The molecule has 5 aliphatic rings. The van der Waals surface area contributed by atoms with Crippen LogP contribution in [0.1, 0.15) is 125 Å². The number of carbonyl (C=O) groups is 5. The van der Waals surface area contributed by atoms with Crippen molar-refractivity contribution in [2.45, 2.75) is 198 Å². The van der Waals surface area contributed by atoms with Crippen LogP contribution in [0.15, 0.2) is 71.8 Å². The van der Waals surface area contributed by atoms with Crippen molar-refractivity contribution < 1.29 is 66.7 Å². The molecule has 2 aromatic carbocycles. The Bertz CT molecular complexity index is 2370. The van der Waals surface area contributed by atoms with E-state index in [4.69, 9.17) is 32.5 Å². The highest BCUT2D eigenvalue weighted by Crippen LogP contribution is 2.78. The predicted octanol–water partition coefficient (Wildman–Crippen LogP) is 8.68. The van der Waals surface area contributed by atoms with Gasteiger partial charge in [-0.05, 0) is 107 Å². The minimum atomic E-state index is -2.72. The molecule has 1 aliphatic heterocycles. The SMILES string of the molecule is CC[Si](CC)(CC)O[C@H]1C[C@H]2OC[C@@]2(OC(C)=O)[C@H]2[C@H](OC(=O)c3ccccc3)[C@]3(O)CC4(OC(=O)[C@H](O[Si](CC)(CC)CC)C(NC(=O)OC(C)(C)C)c5ccccc5)C(C)=C([C@@H](O)C(=O)[C@]12C)[C@@]43C. The first-order valence-electron chi connectivity index (χ1n) is 25.7. The largest absolute Gasteiger partial charge is 0.455 e. The smallest absolute Gasteiger partial charge is 0.408 e. The van der Waals surface area contributed by atoms with Crippen LogP contribution >= 0.6 is 0 Å². The minimum absolute atomic E-state index is 0.126. The lowest BCUT2D eigenvalue weighted by molar-refractivity contribution is -0.375. The number of benzene rings is 2. The average Bonchev–Trinajstić information content (AvgIpc) is 3.34. The van der Waals surface area contributed by atoms with Crippen LogP contribution in [0, 0.1) is 16.7 Å². The first-order chi connectivity index (χ1) is 33.3. The van der Waals surface area contributed by atoms with Gasteiger partial charge in [-0.3, -0.25) is 9.59 Å². The molecule has 2 unspecified atom stereocenters. The van der Waals surface area contributed by atoms with Crippen molar-refractivity contribution in [1.29, 1.82) is 0 Å². The molecule has 3 saturated carbocycles. The summed E-state index contributed by atoms with van der Waals surface area (Å²) in [6.07, 6.45) is -7.72. The van der Waals surface area contributed by atoms with Gasteiger partial charge in [-0.15, -0.1) is 0 Å². The standard InChI is InChI=1S/C54H77NO14Si2/c1-14-70(15-2,16-3)68-37-30-38-52(32-63-38,65-34(8)56)43-45(64-46(59)36-28-24-21-25-29-36)53(62)31-54(33(7)39(51(53,54)13)41(57)44(58)50(37,43)12)66-47(60)42(69-71(17-4,18-5)19-6)40(35-26-22-20-23-27-35)55-48(61)67-49(9,10)11/h20-29,37-38,40-43,45,57,62H,14-19,30-32H2,1-13H3,(H,55,61)/t37-,38+,40?,41+,42+,43-,45-,50+,51+,52-,53+,54?/m0/s1. The maximum absolute atomic E-state index is 15.9. The van der Waals surface area contributed by atoms with Crippen LogP contribution in [0.4, 0.5) is 4.79 Å². The molecule has 15 nitrogen and oxygen atoms in total. The molecule has 1 heterocycles. The summed E-state index contributed by atoms with van der Waals surface area (Å²) in [4.78, 5) is 73.3. The van der Waals surface area contributed by atoms with Gasteiger partial charge in [-0.2, -0.15) is 0 Å². The zero-order chi connectivity index (χ0) is 52.3. The van der Waals surface area contributed by atoms with E-state index < -0.39 is 122 Å². The summed E-state index contributed by atoms with van der Waals surface area (Å²) >= 11 is 0. The van der Waals surface area contributed by atoms with Crippen molar-refractivity contribution in [3.8, 4) is 0 Å². The lowest BCUT2D eigenvalue weighted by atomic mass is 9.30. The topological polar surface area (TPSA) is 202 Å². The molecule has 0 spiro atoms. The number of ether oxygens (including phenoxy) is 5. The minimum Gasteiger partial charge on any atom is -0.455 e. The van der Waals surface area contributed by atoms with Gasteiger partial charge >= 0.3 is 24.0 Å². The number of esters is 3. The lowest BCUT2D eigenvalue weighted by Crippen LogP contribution is -2.90. The van der Waals surface area contributed by atoms with Crippen molar-refractivity contribution in [1.82, 2.24) is 5.32 Å². The number of alkyl carbamates (subject to hydrolysis) is 1. The van der Waals surface area contributed by atoms with Gasteiger partial charge in [0.2, 0.25) is 0 Å². The van der Waals surface area contributed by atoms with Gasteiger partial charge in [0.1, 0.15) is 35.1 Å². The van der Waals surface area contributed by atoms with E-state index in [9.17, 15) is 24.6 Å². The van der Waals surface area contributed by atoms with Crippen molar-refractivity contribution >= 4 is 46.4 Å². The van der Waals surface area contributed by atoms with E-state index in [2.05, 4.69) is 26.1 Å². The summed E-state index contributed by atoms with van der Waals surface area (Å²) in [7, 11) is -5.30. The second kappa shape index (κ2) is 19.6. The Hall–Kier alpha value is -4.24. The highest BCUT2D eigenvalue weighted by Gasteiger charge is 2.89. The van der Waals surface area contributed by atoms with Crippen molar-refractivity contribution in [2.75, 3.05) is 6.61 Å². The van der Waals surface area contributed by atoms with Gasteiger partial charge in [-0.25, -0.2) is 14.4 Å². The van der Waals surface area contributed by atoms with E-state index in [1.807, 2.05) is 26.8 Å². The second-order valence-electron chi connectivity index (χ2n) is 22.0. The summed E-state index contributed by atoms with van der Waals surface area (Å²) in [6, 6.07) is 20.2. The fraction of sp³-hybridized carbons (Fsp3) is 0.648.